The third-order valence-corrected chi connectivity index (χ3v) is 1.55. The molecule has 0 spiro atoms. The summed E-state index contributed by atoms with van der Waals surface area (Å²) >= 11 is 0. The van der Waals surface area contributed by atoms with Crippen LogP contribution in [0.25, 0.3) is 0 Å². The maximum atomic E-state index is 5.07. The van der Waals surface area contributed by atoms with E-state index in [1.807, 2.05) is 5.98 Å². The highest BCUT2D eigenvalue weighted by atomic mass is 16.4. The monoisotopic (exact) mass is 152 g/mol. The summed E-state index contributed by atoms with van der Waals surface area (Å²) in [7, 11) is 1.69. The summed E-state index contributed by atoms with van der Waals surface area (Å²) in [5, 5.41) is 0. The van der Waals surface area contributed by atoms with Crippen LogP contribution in [0.4, 0.5) is 0 Å². The predicted octanol–water partition coefficient (Wildman–Crippen LogP) is 2.64. The topological polar surface area (TPSA) is 9.23 Å². The van der Waals surface area contributed by atoms with Gasteiger partial charge in [0.25, 0.3) is 0 Å². The normalized spacial score (nSPS) is 10.4. The average Bonchev–Trinajstić information content (AvgIpc) is 2.05. The molecule has 0 atom stereocenters. The van der Waals surface area contributed by atoms with Crippen molar-refractivity contribution in [3.63, 3.8) is 0 Å². The molecular formula is C9H17BO. The van der Waals surface area contributed by atoms with Gasteiger partial charge in [0.1, 0.15) is 0 Å². The average molecular weight is 152 g/mol. The quantitative estimate of drug-likeness (QED) is 0.420. The van der Waals surface area contributed by atoms with E-state index in [1.165, 1.54) is 12.8 Å². The van der Waals surface area contributed by atoms with Gasteiger partial charge in [0.2, 0.25) is 0 Å². The SMILES string of the molecule is C=CB(/C=C/CCCC)OC. The Morgan fingerprint density at radius 2 is 2.27 bits per heavy atom. The number of unbranched alkanes of at least 4 members (excludes halogenated alkanes) is 2. The van der Waals surface area contributed by atoms with Crippen molar-refractivity contribution >= 4 is 6.92 Å². The molecule has 0 aliphatic carbocycles. The lowest BCUT2D eigenvalue weighted by Crippen LogP contribution is -2.08. The van der Waals surface area contributed by atoms with Gasteiger partial charge >= 0.3 is 6.92 Å². The largest absolute Gasteiger partial charge is 0.430 e. The molecule has 2 heteroatoms. The molecule has 0 aromatic heterocycles. The van der Waals surface area contributed by atoms with Gasteiger partial charge in [0.15, 0.2) is 0 Å². The molecule has 0 saturated heterocycles. The number of hydrogen-bond donors (Lipinski definition) is 0. The van der Waals surface area contributed by atoms with E-state index < -0.39 is 0 Å². The molecule has 0 N–H and O–H groups in total. The predicted molar refractivity (Wildman–Crippen MR) is 51.6 cm³/mol. The Labute approximate surface area is 70.3 Å². The Balaban J connectivity index is 3.44. The van der Waals surface area contributed by atoms with Gasteiger partial charge in [-0.2, -0.15) is 0 Å². The lowest BCUT2D eigenvalue weighted by atomic mass is 9.68. The molecule has 0 aliphatic rings. The molecule has 0 aromatic carbocycles. The van der Waals surface area contributed by atoms with Crippen molar-refractivity contribution in [1.82, 2.24) is 0 Å². The van der Waals surface area contributed by atoms with Crippen LogP contribution < -0.4 is 0 Å². The first-order chi connectivity index (χ1) is 5.35. The summed E-state index contributed by atoms with van der Waals surface area (Å²) in [4.78, 5) is 0. The second kappa shape index (κ2) is 7.61. The van der Waals surface area contributed by atoms with Crippen LogP contribution >= 0.6 is 0 Å². The van der Waals surface area contributed by atoms with Gasteiger partial charge in [-0.25, -0.2) is 0 Å². The maximum absolute atomic E-state index is 5.07. The molecule has 11 heavy (non-hydrogen) atoms. The van der Waals surface area contributed by atoms with Gasteiger partial charge in [0, 0.05) is 7.11 Å². The second-order valence-corrected chi connectivity index (χ2v) is 2.51. The Morgan fingerprint density at radius 3 is 2.73 bits per heavy atom. The minimum absolute atomic E-state index is 0.0897. The molecule has 0 rings (SSSR count). The van der Waals surface area contributed by atoms with Crippen molar-refractivity contribution in [3.05, 3.63) is 24.6 Å². The Morgan fingerprint density at radius 1 is 1.55 bits per heavy atom. The molecule has 0 aromatic rings. The van der Waals surface area contributed by atoms with Crippen molar-refractivity contribution < 1.29 is 4.65 Å². The molecule has 0 aliphatic heterocycles. The number of rotatable bonds is 6. The van der Waals surface area contributed by atoms with Crippen LogP contribution in [0.1, 0.15) is 26.2 Å². The molecule has 0 amide bonds. The van der Waals surface area contributed by atoms with Crippen LogP contribution in [0, 0.1) is 0 Å². The fourth-order valence-electron chi connectivity index (χ4n) is 0.806. The van der Waals surface area contributed by atoms with E-state index in [2.05, 4.69) is 19.6 Å². The maximum Gasteiger partial charge on any atom is 0.345 e. The van der Waals surface area contributed by atoms with Crippen LogP contribution in [-0.2, 0) is 4.65 Å². The van der Waals surface area contributed by atoms with E-state index in [9.17, 15) is 0 Å². The van der Waals surface area contributed by atoms with Crippen LogP contribution in [0.15, 0.2) is 24.6 Å². The van der Waals surface area contributed by atoms with Crippen molar-refractivity contribution in [2.75, 3.05) is 7.11 Å². The fourth-order valence-corrected chi connectivity index (χ4v) is 0.806. The van der Waals surface area contributed by atoms with Gasteiger partial charge in [0.05, 0.1) is 0 Å². The summed E-state index contributed by atoms with van der Waals surface area (Å²) in [6, 6.07) is 0. The Bertz CT molecular complexity index is 121. The summed E-state index contributed by atoms with van der Waals surface area (Å²) in [5.74, 6) is 3.84. The summed E-state index contributed by atoms with van der Waals surface area (Å²) in [6.07, 6.45) is 5.80. The summed E-state index contributed by atoms with van der Waals surface area (Å²) in [5.41, 5.74) is 0. The van der Waals surface area contributed by atoms with Gasteiger partial charge < -0.3 is 4.65 Å². The molecule has 0 heterocycles. The Hall–Kier alpha value is -0.495. The number of hydrogen-bond acceptors (Lipinski definition) is 1. The third kappa shape index (κ3) is 5.93. The van der Waals surface area contributed by atoms with Crippen LogP contribution in [0.3, 0.4) is 0 Å². The summed E-state index contributed by atoms with van der Waals surface area (Å²) in [6.45, 7) is 5.93. The van der Waals surface area contributed by atoms with Gasteiger partial charge in [-0.15, -0.1) is 6.58 Å². The van der Waals surface area contributed by atoms with E-state index in [0.29, 0.717) is 0 Å². The Kier molecular flexibility index (Phi) is 7.27. The van der Waals surface area contributed by atoms with Crippen molar-refractivity contribution in [3.8, 4) is 0 Å². The molecule has 0 radical (unpaired) electrons. The zero-order valence-corrected chi connectivity index (χ0v) is 7.55. The van der Waals surface area contributed by atoms with Crippen LogP contribution in [0.5, 0.6) is 0 Å². The van der Waals surface area contributed by atoms with Crippen molar-refractivity contribution in [2.24, 2.45) is 0 Å². The fraction of sp³-hybridized carbons (Fsp3) is 0.556. The van der Waals surface area contributed by atoms with Gasteiger partial charge in [-0.3, -0.25) is 0 Å². The second-order valence-electron chi connectivity index (χ2n) is 2.51. The smallest absolute Gasteiger partial charge is 0.345 e. The minimum atomic E-state index is 0.0897. The van der Waals surface area contributed by atoms with E-state index in [0.717, 1.165) is 6.42 Å². The van der Waals surface area contributed by atoms with Crippen molar-refractivity contribution in [1.29, 1.82) is 0 Å². The molecule has 0 saturated carbocycles. The standard InChI is InChI=1S/C9H17BO/c1-4-6-7-8-9-10(5-2)11-3/h5,8-9H,2,4,6-7H2,1,3H3/b9-8+. The first kappa shape index (κ1) is 10.5. The van der Waals surface area contributed by atoms with E-state index in [-0.39, 0.29) is 6.92 Å². The zero-order valence-electron chi connectivity index (χ0n) is 7.55. The van der Waals surface area contributed by atoms with Crippen LogP contribution in [0.2, 0.25) is 0 Å². The van der Waals surface area contributed by atoms with Crippen LogP contribution in [-0.4, -0.2) is 14.0 Å². The molecule has 62 valence electrons. The lowest BCUT2D eigenvalue weighted by molar-refractivity contribution is 0.437. The van der Waals surface area contributed by atoms with E-state index in [4.69, 9.17) is 4.65 Å². The first-order valence-electron chi connectivity index (χ1n) is 4.17. The molecular weight excluding hydrogens is 135 g/mol. The highest BCUT2D eigenvalue weighted by molar-refractivity contribution is 6.62. The highest BCUT2D eigenvalue weighted by Crippen LogP contribution is 1.96. The molecule has 0 unspecified atom stereocenters. The first-order valence-corrected chi connectivity index (χ1v) is 4.17. The van der Waals surface area contributed by atoms with Gasteiger partial charge in [-0.05, 0) is 6.42 Å². The lowest BCUT2D eigenvalue weighted by Gasteiger charge is -1.97. The van der Waals surface area contributed by atoms with E-state index in [1.54, 1.807) is 13.1 Å². The zero-order chi connectivity index (χ0) is 8.53. The minimum Gasteiger partial charge on any atom is -0.430 e. The van der Waals surface area contributed by atoms with E-state index >= 15 is 0 Å². The number of allylic oxidation sites excluding steroid dienone is 1. The molecule has 0 fully saturated rings. The highest BCUT2D eigenvalue weighted by Gasteiger charge is 2.00. The van der Waals surface area contributed by atoms with Crippen molar-refractivity contribution in [2.45, 2.75) is 26.2 Å². The van der Waals surface area contributed by atoms with Gasteiger partial charge in [-0.1, -0.05) is 37.8 Å². The molecule has 1 nitrogen and oxygen atoms in total. The third-order valence-electron chi connectivity index (χ3n) is 1.55. The molecule has 0 bridgehead atoms. The summed E-state index contributed by atoms with van der Waals surface area (Å²) < 4.78 is 5.07.